The smallest absolute Gasteiger partial charge is 0.261 e. The molecule has 2 aromatic rings. The Kier molecular flexibility index (Phi) is 6.22. The number of rotatable bonds is 8. The number of sulfonamides is 2. The lowest BCUT2D eigenvalue weighted by Crippen LogP contribution is -2.15. The average Bonchev–Trinajstić information content (AvgIpc) is 2.55. The Morgan fingerprint density at radius 2 is 1.56 bits per heavy atom. The first kappa shape index (κ1) is 20.8. The van der Waals surface area contributed by atoms with Gasteiger partial charge in [-0.3, -0.25) is 9.44 Å². The van der Waals surface area contributed by atoms with Crippen molar-refractivity contribution in [3.63, 3.8) is 0 Å². The van der Waals surface area contributed by atoms with Crippen LogP contribution in [-0.2, 0) is 20.0 Å². The van der Waals surface area contributed by atoms with E-state index in [0.29, 0.717) is 5.75 Å². The molecule has 0 spiro atoms. The number of anilines is 2. The van der Waals surface area contributed by atoms with Gasteiger partial charge in [-0.25, -0.2) is 16.8 Å². The van der Waals surface area contributed by atoms with Crippen LogP contribution in [0, 0.1) is 0 Å². The highest BCUT2D eigenvalue weighted by atomic mass is 32.2. The van der Waals surface area contributed by atoms with E-state index in [1.54, 1.807) is 26.0 Å². The highest BCUT2D eigenvalue weighted by Gasteiger charge is 2.17. The van der Waals surface area contributed by atoms with E-state index in [1.165, 1.54) is 37.4 Å². The number of ether oxygens (including phenoxy) is 2. The molecule has 27 heavy (non-hydrogen) atoms. The van der Waals surface area contributed by atoms with Crippen LogP contribution >= 0.6 is 0 Å². The molecule has 0 unspecified atom stereocenters. The molecule has 0 aliphatic rings. The maximum Gasteiger partial charge on any atom is 0.261 e. The monoisotopic (exact) mass is 414 g/mol. The quantitative estimate of drug-likeness (QED) is 0.687. The second-order valence-corrected chi connectivity index (χ2v) is 9.46. The molecule has 0 aliphatic carbocycles. The Bertz CT molecular complexity index is 1000. The van der Waals surface area contributed by atoms with Gasteiger partial charge >= 0.3 is 0 Å². The van der Waals surface area contributed by atoms with E-state index in [9.17, 15) is 16.8 Å². The SMILES string of the molecule is COc1ccc(S(=O)(=O)Nc2ccc(NS(C)(=O)=O)c(OC(C)C)c2)cc1. The third-order valence-corrected chi connectivity index (χ3v) is 5.25. The molecule has 0 atom stereocenters. The zero-order chi connectivity index (χ0) is 20.2. The fourth-order valence-corrected chi connectivity index (χ4v) is 3.81. The van der Waals surface area contributed by atoms with E-state index >= 15 is 0 Å². The van der Waals surface area contributed by atoms with Crippen molar-refractivity contribution in [1.29, 1.82) is 0 Å². The zero-order valence-electron chi connectivity index (χ0n) is 15.4. The number of hydrogen-bond acceptors (Lipinski definition) is 6. The minimum Gasteiger partial charge on any atom is -0.497 e. The first-order valence-electron chi connectivity index (χ1n) is 7.95. The summed E-state index contributed by atoms with van der Waals surface area (Å²) in [5, 5.41) is 0. The first-order chi connectivity index (χ1) is 12.5. The lowest BCUT2D eigenvalue weighted by molar-refractivity contribution is 0.244. The number of nitrogens with one attached hydrogen (secondary N) is 2. The van der Waals surface area contributed by atoms with Crippen LogP contribution in [0.2, 0.25) is 0 Å². The van der Waals surface area contributed by atoms with Crippen LogP contribution in [-0.4, -0.2) is 36.3 Å². The van der Waals surface area contributed by atoms with E-state index in [4.69, 9.17) is 9.47 Å². The summed E-state index contributed by atoms with van der Waals surface area (Å²) in [6, 6.07) is 10.2. The van der Waals surface area contributed by atoms with Gasteiger partial charge in [-0.1, -0.05) is 0 Å². The second kappa shape index (κ2) is 8.05. The molecule has 0 saturated carbocycles. The molecule has 8 nitrogen and oxygen atoms in total. The molecule has 0 aromatic heterocycles. The van der Waals surface area contributed by atoms with Crippen molar-refractivity contribution >= 4 is 31.4 Å². The van der Waals surface area contributed by atoms with Crippen molar-refractivity contribution in [2.24, 2.45) is 0 Å². The van der Waals surface area contributed by atoms with Gasteiger partial charge in [0.2, 0.25) is 10.0 Å². The predicted molar refractivity (Wildman–Crippen MR) is 104 cm³/mol. The number of hydrogen-bond donors (Lipinski definition) is 2. The van der Waals surface area contributed by atoms with Crippen LogP contribution in [0.25, 0.3) is 0 Å². The van der Waals surface area contributed by atoms with Crippen LogP contribution in [0.3, 0.4) is 0 Å². The van der Waals surface area contributed by atoms with E-state index in [-0.39, 0.29) is 28.1 Å². The van der Waals surface area contributed by atoms with Gasteiger partial charge in [0.25, 0.3) is 10.0 Å². The molecule has 0 heterocycles. The predicted octanol–water partition coefficient (Wildman–Crippen LogP) is 2.65. The van der Waals surface area contributed by atoms with Crippen molar-refractivity contribution in [3.8, 4) is 11.5 Å². The van der Waals surface area contributed by atoms with Crippen molar-refractivity contribution in [2.45, 2.75) is 24.8 Å². The molecule has 0 radical (unpaired) electrons. The van der Waals surface area contributed by atoms with Crippen LogP contribution in [0.4, 0.5) is 11.4 Å². The van der Waals surface area contributed by atoms with E-state index in [0.717, 1.165) is 6.26 Å². The topological polar surface area (TPSA) is 111 Å². The normalized spacial score (nSPS) is 11.9. The lowest BCUT2D eigenvalue weighted by atomic mass is 10.2. The molecule has 0 bridgehead atoms. The van der Waals surface area contributed by atoms with Gasteiger partial charge in [0.05, 0.1) is 35.7 Å². The van der Waals surface area contributed by atoms with Gasteiger partial charge in [-0.2, -0.15) is 0 Å². The molecular formula is C17H22N2O6S2. The summed E-state index contributed by atoms with van der Waals surface area (Å²) in [6.45, 7) is 3.55. The van der Waals surface area contributed by atoms with Crippen LogP contribution < -0.4 is 18.9 Å². The molecule has 2 aromatic carbocycles. The summed E-state index contributed by atoms with van der Waals surface area (Å²) in [5.74, 6) is 0.753. The standard InChI is InChI=1S/C17H22N2O6S2/c1-12(2)25-17-11-13(5-10-16(17)19-26(4,20)21)18-27(22,23)15-8-6-14(24-3)7-9-15/h5-12,18-19H,1-4H3. The maximum absolute atomic E-state index is 12.5. The van der Waals surface area contributed by atoms with Gasteiger partial charge < -0.3 is 9.47 Å². The first-order valence-corrected chi connectivity index (χ1v) is 11.3. The molecular weight excluding hydrogens is 392 g/mol. The molecule has 0 fully saturated rings. The second-order valence-electron chi connectivity index (χ2n) is 6.03. The molecule has 10 heteroatoms. The fourth-order valence-electron chi connectivity index (χ4n) is 2.19. The van der Waals surface area contributed by atoms with Gasteiger partial charge in [0, 0.05) is 6.07 Å². The minimum absolute atomic E-state index is 0.0629. The fraction of sp³-hybridized carbons (Fsp3) is 0.294. The van der Waals surface area contributed by atoms with Gasteiger partial charge in [0.15, 0.2) is 0 Å². The Hall–Kier alpha value is -2.46. The van der Waals surface area contributed by atoms with E-state index in [2.05, 4.69) is 9.44 Å². The van der Waals surface area contributed by atoms with Gasteiger partial charge in [-0.05, 0) is 50.2 Å². The third kappa shape index (κ3) is 6.04. The molecule has 0 aliphatic heterocycles. The Morgan fingerprint density at radius 1 is 0.926 bits per heavy atom. The number of methoxy groups -OCH3 is 1. The molecule has 0 saturated heterocycles. The van der Waals surface area contributed by atoms with E-state index < -0.39 is 20.0 Å². The van der Waals surface area contributed by atoms with Crippen molar-refractivity contribution in [2.75, 3.05) is 22.8 Å². The largest absolute Gasteiger partial charge is 0.497 e. The van der Waals surface area contributed by atoms with Crippen LogP contribution in [0.1, 0.15) is 13.8 Å². The van der Waals surface area contributed by atoms with Crippen molar-refractivity contribution < 1.29 is 26.3 Å². The Morgan fingerprint density at radius 3 is 2.07 bits per heavy atom. The summed E-state index contributed by atoms with van der Waals surface area (Å²) in [6.07, 6.45) is 0.783. The highest BCUT2D eigenvalue weighted by Crippen LogP contribution is 2.31. The highest BCUT2D eigenvalue weighted by molar-refractivity contribution is 7.92. The van der Waals surface area contributed by atoms with Crippen molar-refractivity contribution in [3.05, 3.63) is 42.5 Å². The summed E-state index contributed by atoms with van der Waals surface area (Å²) < 4.78 is 63.5. The maximum atomic E-state index is 12.5. The van der Waals surface area contributed by atoms with Crippen LogP contribution in [0.5, 0.6) is 11.5 Å². The summed E-state index contributed by atoms with van der Waals surface area (Å²) in [5.41, 5.74) is 0.458. The zero-order valence-corrected chi connectivity index (χ0v) is 17.0. The molecule has 0 amide bonds. The van der Waals surface area contributed by atoms with Gasteiger partial charge in [0.1, 0.15) is 11.5 Å². The summed E-state index contributed by atoms with van der Waals surface area (Å²) >= 11 is 0. The Balaban J connectivity index is 2.34. The van der Waals surface area contributed by atoms with Gasteiger partial charge in [-0.15, -0.1) is 0 Å². The molecule has 148 valence electrons. The summed E-state index contributed by atoms with van der Waals surface area (Å²) in [7, 11) is -5.85. The van der Waals surface area contributed by atoms with Crippen LogP contribution in [0.15, 0.2) is 47.4 Å². The van der Waals surface area contributed by atoms with E-state index in [1.807, 2.05) is 0 Å². The van der Waals surface area contributed by atoms with Crippen molar-refractivity contribution in [1.82, 2.24) is 0 Å². The number of benzene rings is 2. The lowest BCUT2D eigenvalue weighted by Gasteiger charge is -2.17. The molecule has 2 N–H and O–H groups in total. The summed E-state index contributed by atoms with van der Waals surface area (Å²) in [4.78, 5) is 0.0629. The third-order valence-electron chi connectivity index (χ3n) is 3.26. The minimum atomic E-state index is -3.83. The Labute approximate surface area is 159 Å². The molecule has 2 rings (SSSR count). The average molecular weight is 415 g/mol.